The van der Waals surface area contributed by atoms with Crippen LogP contribution in [0.5, 0.6) is 5.75 Å². The minimum absolute atomic E-state index is 0.421. The van der Waals surface area contributed by atoms with Gasteiger partial charge in [0.15, 0.2) is 6.10 Å². The molecule has 0 saturated carbocycles. The summed E-state index contributed by atoms with van der Waals surface area (Å²) in [6.07, 6.45) is -0.970. The highest BCUT2D eigenvalue weighted by molar-refractivity contribution is 5.97. The standard InChI is InChI=1S/C25H25NO4/c1-3-29-22-17-11-10-16-21(22)26-24(27)18(2)30-25(28)23(19-12-6-4-7-13-19)20-14-8-5-9-15-20/h4-18,23H,3H2,1-2H3,(H,26,27). The number of benzene rings is 3. The van der Waals surface area contributed by atoms with Crippen molar-refractivity contribution in [2.24, 2.45) is 0 Å². The summed E-state index contributed by atoms with van der Waals surface area (Å²) >= 11 is 0. The first-order chi connectivity index (χ1) is 14.6. The van der Waals surface area contributed by atoms with Crippen LogP contribution < -0.4 is 10.1 Å². The number of para-hydroxylation sites is 2. The fourth-order valence-electron chi connectivity index (χ4n) is 3.14. The van der Waals surface area contributed by atoms with Gasteiger partial charge in [-0.25, -0.2) is 0 Å². The normalized spacial score (nSPS) is 11.6. The highest BCUT2D eigenvalue weighted by Crippen LogP contribution is 2.27. The van der Waals surface area contributed by atoms with Crippen LogP contribution in [-0.4, -0.2) is 24.6 Å². The number of ether oxygens (including phenoxy) is 2. The van der Waals surface area contributed by atoms with Crippen LogP contribution in [0.2, 0.25) is 0 Å². The van der Waals surface area contributed by atoms with Crippen molar-refractivity contribution in [3.8, 4) is 5.75 Å². The summed E-state index contributed by atoms with van der Waals surface area (Å²) in [5.74, 6) is -0.944. The van der Waals surface area contributed by atoms with Gasteiger partial charge in [0, 0.05) is 0 Å². The van der Waals surface area contributed by atoms with Crippen molar-refractivity contribution in [3.05, 3.63) is 96.1 Å². The van der Waals surface area contributed by atoms with E-state index in [1.807, 2.05) is 73.7 Å². The Morgan fingerprint density at radius 3 is 1.93 bits per heavy atom. The quantitative estimate of drug-likeness (QED) is 0.550. The van der Waals surface area contributed by atoms with Crippen molar-refractivity contribution in [3.63, 3.8) is 0 Å². The number of nitrogens with one attached hydrogen (secondary N) is 1. The predicted octanol–water partition coefficient (Wildman–Crippen LogP) is 4.79. The molecule has 1 amide bonds. The molecule has 0 aliphatic rings. The van der Waals surface area contributed by atoms with Gasteiger partial charge in [-0.15, -0.1) is 0 Å². The molecule has 3 rings (SSSR count). The summed E-state index contributed by atoms with van der Waals surface area (Å²) in [5, 5.41) is 2.78. The monoisotopic (exact) mass is 403 g/mol. The second kappa shape index (κ2) is 10.3. The molecule has 0 saturated heterocycles. The molecule has 0 aliphatic carbocycles. The van der Waals surface area contributed by atoms with Gasteiger partial charge in [-0.2, -0.15) is 0 Å². The number of rotatable bonds is 8. The smallest absolute Gasteiger partial charge is 0.318 e. The molecule has 3 aromatic rings. The van der Waals surface area contributed by atoms with Crippen molar-refractivity contribution in [2.45, 2.75) is 25.9 Å². The van der Waals surface area contributed by atoms with Gasteiger partial charge < -0.3 is 14.8 Å². The Bertz CT molecular complexity index is 933. The van der Waals surface area contributed by atoms with E-state index in [-0.39, 0.29) is 0 Å². The maximum Gasteiger partial charge on any atom is 0.318 e. The van der Waals surface area contributed by atoms with Crippen LogP contribution in [0, 0.1) is 0 Å². The van der Waals surface area contributed by atoms with Crippen molar-refractivity contribution < 1.29 is 19.1 Å². The van der Waals surface area contributed by atoms with Gasteiger partial charge >= 0.3 is 5.97 Å². The first kappa shape index (κ1) is 21.1. The Morgan fingerprint density at radius 2 is 1.37 bits per heavy atom. The molecule has 5 nitrogen and oxygen atoms in total. The van der Waals surface area contributed by atoms with E-state index in [4.69, 9.17) is 9.47 Å². The molecule has 0 spiro atoms. The van der Waals surface area contributed by atoms with Crippen molar-refractivity contribution in [1.29, 1.82) is 0 Å². The van der Waals surface area contributed by atoms with E-state index < -0.39 is 23.9 Å². The molecule has 154 valence electrons. The number of hydrogen-bond donors (Lipinski definition) is 1. The lowest BCUT2D eigenvalue weighted by molar-refractivity contribution is -0.153. The van der Waals surface area contributed by atoms with Crippen molar-refractivity contribution in [2.75, 3.05) is 11.9 Å². The number of hydrogen-bond acceptors (Lipinski definition) is 4. The molecule has 0 aliphatic heterocycles. The maximum absolute atomic E-state index is 13.1. The lowest BCUT2D eigenvalue weighted by atomic mass is 9.91. The zero-order chi connectivity index (χ0) is 21.3. The third-order valence-corrected chi connectivity index (χ3v) is 4.61. The maximum atomic E-state index is 13.1. The summed E-state index contributed by atoms with van der Waals surface area (Å²) in [6.45, 7) is 3.91. The van der Waals surface area contributed by atoms with E-state index in [1.165, 1.54) is 0 Å². The van der Waals surface area contributed by atoms with Crippen LogP contribution in [0.15, 0.2) is 84.9 Å². The lowest BCUT2D eigenvalue weighted by Gasteiger charge is -2.20. The van der Waals surface area contributed by atoms with E-state index in [0.29, 0.717) is 18.0 Å². The molecule has 0 aromatic heterocycles. The van der Waals surface area contributed by atoms with Crippen molar-refractivity contribution in [1.82, 2.24) is 0 Å². The van der Waals surface area contributed by atoms with Gasteiger partial charge in [-0.3, -0.25) is 9.59 Å². The van der Waals surface area contributed by atoms with Crippen LogP contribution in [0.1, 0.15) is 30.9 Å². The molecule has 1 unspecified atom stereocenters. The van der Waals surface area contributed by atoms with Crippen LogP contribution in [0.25, 0.3) is 0 Å². The minimum atomic E-state index is -0.970. The number of carbonyl (C=O) groups is 2. The van der Waals surface area contributed by atoms with Crippen LogP contribution in [0.3, 0.4) is 0 Å². The molecule has 1 N–H and O–H groups in total. The van der Waals surface area contributed by atoms with Gasteiger partial charge in [0.25, 0.3) is 5.91 Å². The van der Waals surface area contributed by atoms with E-state index in [1.54, 1.807) is 25.1 Å². The fraction of sp³-hybridized carbons (Fsp3) is 0.200. The van der Waals surface area contributed by atoms with Crippen LogP contribution in [-0.2, 0) is 14.3 Å². The van der Waals surface area contributed by atoms with Crippen LogP contribution >= 0.6 is 0 Å². The van der Waals surface area contributed by atoms with E-state index in [0.717, 1.165) is 11.1 Å². The molecule has 30 heavy (non-hydrogen) atoms. The second-order valence-corrected chi connectivity index (χ2v) is 6.75. The Hall–Kier alpha value is -3.60. The average Bonchev–Trinajstić information content (AvgIpc) is 2.77. The van der Waals surface area contributed by atoms with Crippen LogP contribution in [0.4, 0.5) is 5.69 Å². The first-order valence-electron chi connectivity index (χ1n) is 9.93. The summed E-state index contributed by atoms with van der Waals surface area (Å²) in [6, 6.07) is 25.9. The summed E-state index contributed by atoms with van der Waals surface area (Å²) in [5.41, 5.74) is 2.15. The molecule has 0 fully saturated rings. The van der Waals surface area contributed by atoms with Gasteiger partial charge in [0.05, 0.1) is 12.3 Å². The van der Waals surface area contributed by atoms with E-state index in [9.17, 15) is 9.59 Å². The Labute approximate surface area is 176 Å². The third kappa shape index (κ3) is 5.26. The Balaban J connectivity index is 1.75. The van der Waals surface area contributed by atoms with Gasteiger partial charge in [0.2, 0.25) is 0 Å². The second-order valence-electron chi connectivity index (χ2n) is 6.75. The predicted molar refractivity (Wildman–Crippen MR) is 117 cm³/mol. The highest BCUT2D eigenvalue weighted by atomic mass is 16.5. The molecule has 1 atom stereocenters. The fourth-order valence-corrected chi connectivity index (χ4v) is 3.14. The number of amides is 1. The summed E-state index contributed by atoms with van der Waals surface area (Å²) in [4.78, 5) is 25.7. The Morgan fingerprint density at radius 1 is 0.833 bits per heavy atom. The zero-order valence-electron chi connectivity index (χ0n) is 17.1. The molecular formula is C25H25NO4. The molecule has 0 heterocycles. The third-order valence-electron chi connectivity index (χ3n) is 4.61. The zero-order valence-corrected chi connectivity index (χ0v) is 17.1. The first-order valence-corrected chi connectivity index (χ1v) is 9.93. The minimum Gasteiger partial charge on any atom is -0.492 e. The van der Waals surface area contributed by atoms with E-state index in [2.05, 4.69) is 5.32 Å². The summed E-state index contributed by atoms with van der Waals surface area (Å²) < 4.78 is 11.1. The molecule has 0 radical (unpaired) electrons. The topological polar surface area (TPSA) is 64.6 Å². The summed E-state index contributed by atoms with van der Waals surface area (Å²) in [7, 11) is 0. The SMILES string of the molecule is CCOc1ccccc1NC(=O)C(C)OC(=O)C(c1ccccc1)c1ccccc1. The Kier molecular flexibility index (Phi) is 7.22. The number of carbonyl (C=O) groups excluding carboxylic acids is 2. The average molecular weight is 403 g/mol. The molecule has 5 heteroatoms. The van der Waals surface area contributed by atoms with Gasteiger partial charge in [-0.1, -0.05) is 72.8 Å². The van der Waals surface area contributed by atoms with E-state index >= 15 is 0 Å². The number of anilines is 1. The lowest BCUT2D eigenvalue weighted by Crippen LogP contribution is -2.32. The molecule has 0 bridgehead atoms. The van der Waals surface area contributed by atoms with Gasteiger partial charge in [-0.05, 0) is 37.1 Å². The van der Waals surface area contributed by atoms with Gasteiger partial charge in [0.1, 0.15) is 11.7 Å². The number of esters is 1. The highest BCUT2D eigenvalue weighted by Gasteiger charge is 2.28. The molecular weight excluding hydrogens is 378 g/mol. The van der Waals surface area contributed by atoms with Crippen molar-refractivity contribution >= 4 is 17.6 Å². The molecule has 3 aromatic carbocycles. The largest absolute Gasteiger partial charge is 0.492 e.